The van der Waals surface area contributed by atoms with Gasteiger partial charge >= 0.3 is 0 Å². The molecule has 3 atom stereocenters. The van der Waals surface area contributed by atoms with E-state index in [2.05, 4.69) is 20.8 Å². The number of rotatable bonds is 1. The SMILES string of the molecule is COc1ccc2c(c1)OC1(C[C@@H]2O)CC(C)(C)CC1C. The maximum atomic E-state index is 10.5. The van der Waals surface area contributed by atoms with E-state index in [-0.39, 0.29) is 11.0 Å². The molecule has 1 aromatic carbocycles. The van der Waals surface area contributed by atoms with Crippen LogP contribution in [0.3, 0.4) is 0 Å². The van der Waals surface area contributed by atoms with Gasteiger partial charge in [0.2, 0.25) is 0 Å². The van der Waals surface area contributed by atoms with E-state index in [0.29, 0.717) is 12.3 Å². The van der Waals surface area contributed by atoms with E-state index >= 15 is 0 Å². The van der Waals surface area contributed by atoms with Crippen LogP contribution in [-0.2, 0) is 0 Å². The van der Waals surface area contributed by atoms with Crippen LogP contribution >= 0.6 is 0 Å². The van der Waals surface area contributed by atoms with Crippen molar-refractivity contribution in [2.45, 2.75) is 51.7 Å². The van der Waals surface area contributed by atoms with Gasteiger partial charge in [0.15, 0.2) is 0 Å². The lowest BCUT2D eigenvalue weighted by molar-refractivity contribution is -0.0393. The van der Waals surface area contributed by atoms with Crippen molar-refractivity contribution in [3.05, 3.63) is 23.8 Å². The number of aliphatic hydroxyl groups excluding tert-OH is 1. The number of fused-ring (bicyclic) bond motifs is 1. The van der Waals surface area contributed by atoms with Gasteiger partial charge in [-0.05, 0) is 36.3 Å². The molecule has 1 fully saturated rings. The van der Waals surface area contributed by atoms with Crippen LogP contribution in [0.1, 0.15) is 51.7 Å². The van der Waals surface area contributed by atoms with E-state index in [0.717, 1.165) is 29.9 Å². The van der Waals surface area contributed by atoms with Crippen LogP contribution in [-0.4, -0.2) is 17.8 Å². The van der Waals surface area contributed by atoms with E-state index in [1.54, 1.807) is 7.11 Å². The molecule has 0 bridgehead atoms. The summed E-state index contributed by atoms with van der Waals surface area (Å²) in [6.07, 6.45) is 2.38. The van der Waals surface area contributed by atoms with E-state index in [1.165, 1.54) is 0 Å². The number of benzene rings is 1. The predicted octanol–water partition coefficient (Wildman–Crippen LogP) is 3.71. The third-order valence-electron chi connectivity index (χ3n) is 4.97. The first-order valence-electron chi connectivity index (χ1n) is 7.40. The van der Waals surface area contributed by atoms with Crippen molar-refractivity contribution in [3.63, 3.8) is 0 Å². The van der Waals surface area contributed by atoms with Crippen molar-refractivity contribution in [2.24, 2.45) is 11.3 Å². The highest BCUT2D eigenvalue weighted by Crippen LogP contribution is 2.56. The van der Waals surface area contributed by atoms with Crippen molar-refractivity contribution < 1.29 is 14.6 Å². The fraction of sp³-hybridized carbons (Fsp3) is 0.647. The maximum Gasteiger partial charge on any atom is 0.129 e. The number of aliphatic hydroxyl groups is 1. The molecule has 1 heterocycles. The van der Waals surface area contributed by atoms with Crippen LogP contribution < -0.4 is 9.47 Å². The second-order valence-corrected chi connectivity index (χ2v) is 7.24. The third-order valence-corrected chi connectivity index (χ3v) is 4.97. The molecule has 110 valence electrons. The average Bonchev–Trinajstić information content (AvgIpc) is 2.57. The normalized spacial score (nSPS) is 34.6. The summed E-state index contributed by atoms with van der Waals surface area (Å²) in [5.41, 5.74) is 0.922. The van der Waals surface area contributed by atoms with Crippen molar-refractivity contribution in [1.29, 1.82) is 0 Å². The molecule has 1 spiro atoms. The quantitative estimate of drug-likeness (QED) is 0.850. The molecule has 1 aliphatic carbocycles. The summed E-state index contributed by atoms with van der Waals surface area (Å²) < 4.78 is 11.7. The molecule has 3 nitrogen and oxygen atoms in total. The molecule has 2 unspecified atom stereocenters. The van der Waals surface area contributed by atoms with Gasteiger partial charge in [0.25, 0.3) is 0 Å². The summed E-state index contributed by atoms with van der Waals surface area (Å²) in [5, 5.41) is 10.5. The lowest BCUT2D eigenvalue weighted by Gasteiger charge is -2.41. The fourth-order valence-electron chi connectivity index (χ4n) is 4.18. The van der Waals surface area contributed by atoms with Crippen molar-refractivity contribution in [1.82, 2.24) is 0 Å². The average molecular weight is 276 g/mol. The van der Waals surface area contributed by atoms with Crippen molar-refractivity contribution >= 4 is 0 Å². The number of ether oxygens (including phenoxy) is 2. The number of hydrogen-bond acceptors (Lipinski definition) is 3. The monoisotopic (exact) mass is 276 g/mol. The standard InChI is InChI=1S/C17H24O3/c1-11-8-16(2,3)10-17(11)9-14(18)13-6-5-12(19-4)7-15(13)20-17/h5-7,11,14,18H,8-10H2,1-4H3/t11?,14-,17?/m0/s1. The molecule has 1 N–H and O–H groups in total. The minimum Gasteiger partial charge on any atom is -0.497 e. The zero-order chi connectivity index (χ0) is 14.5. The number of hydrogen-bond donors (Lipinski definition) is 1. The highest BCUT2D eigenvalue weighted by atomic mass is 16.5. The summed E-state index contributed by atoms with van der Waals surface area (Å²) in [4.78, 5) is 0. The number of methoxy groups -OCH3 is 1. The van der Waals surface area contributed by atoms with Gasteiger partial charge in [0.05, 0.1) is 13.2 Å². The minimum absolute atomic E-state index is 0.234. The first-order valence-corrected chi connectivity index (χ1v) is 7.40. The Labute approximate surface area is 120 Å². The lowest BCUT2D eigenvalue weighted by atomic mass is 9.81. The Morgan fingerprint density at radius 2 is 2.05 bits per heavy atom. The molecule has 3 rings (SSSR count). The lowest BCUT2D eigenvalue weighted by Crippen LogP contribution is -2.43. The van der Waals surface area contributed by atoms with Gasteiger partial charge in [-0.3, -0.25) is 0 Å². The Hall–Kier alpha value is -1.22. The molecule has 20 heavy (non-hydrogen) atoms. The molecular formula is C17H24O3. The summed E-state index contributed by atoms with van der Waals surface area (Å²) in [5.74, 6) is 2.01. The van der Waals surface area contributed by atoms with Crippen molar-refractivity contribution in [2.75, 3.05) is 7.11 Å². The largest absolute Gasteiger partial charge is 0.497 e. The molecule has 3 heteroatoms. The zero-order valence-corrected chi connectivity index (χ0v) is 12.8. The Morgan fingerprint density at radius 3 is 2.65 bits per heavy atom. The summed E-state index contributed by atoms with van der Waals surface area (Å²) in [6.45, 7) is 6.82. The van der Waals surface area contributed by atoms with Gasteiger partial charge in [-0.2, -0.15) is 0 Å². The summed E-state index contributed by atoms with van der Waals surface area (Å²) >= 11 is 0. The minimum atomic E-state index is -0.444. The van der Waals surface area contributed by atoms with Crippen LogP contribution in [0.2, 0.25) is 0 Å². The van der Waals surface area contributed by atoms with E-state index < -0.39 is 6.10 Å². The first kappa shape index (κ1) is 13.7. The molecule has 0 radical (unpaired) electrons. The fourth-order valence-corrected chi connectivity index (χ4v) is 4.18. The summed E-state index contributed by atoms with van der Waals surface area (Å²) in [7, 11) is 1.65. The molecule has 0 aromatic heterocycles. The third kappa shape index (κ3) is 2.08. The van der Waals surface area contributed by atoms with Crippen LogP contribution in [0.5, 0.6) is 11.5 Å². The van der Waals surface area contributed by atoms with Crippen LogP contribution in [0, 0.1) is 11.3 Å². The topological polar surface area (TPSA) is 38.7 Å². The smallest absolute Gasteiger partial charge is 0.129 e. The zero-order valence-electron chi connectivity index (χ0n) is 12.8. The molecule has 1 aromatic rings. The Bertz CT molecular complexity index is 523. The van der Waals surface area contributed by atoms with E-state index in [1.807, 2.05) is 18.2 Å². The molecule has 0 amide bonds. The summed E-state index contributed by atoms with van der Waals surface area (Å²) in [6, 6.07) is 5.69. The second-order valence-electron chi connectivity index (χ2n) is 7.24. The van der Waals surface area contributed by atoms with Crippen molar-refractivity contribution in [3.8, 4) is 11.5 Å². The van der Waals surface area contributed by atoms with Gasteiger partial charge in [-0.1, -0.05) is 20.8 Å². The van der Waals surface area contributed by atoms with Crippen LogP contribution in [0.25, 0.3) is 0 Å². The maximum absolute atomic E-state index is 10.5. The molecule has 1 saturated carbocycles. The van der Waals surface area contributed by atoms with E-state index in [4.69, 9.17) is 9.47 Å². The molecule has 2 aliphatic rings. The predicted molar refractivity (Wildman–Crippen MR) is 78.1 cm³/mol. The van der Waals surface area contributed by atoms with Gasteiger partial charge in [-0.15, -0.1) is 0 Å². The van der Waals surface area contributed by atoms with Gasteiger partial charge in [-0.25, -0.2) is 0 Å². The molecular weight excluding hydrogens is 252 g/mol. The van der Waals surface area contributed by atoms with Crippen LogP contribution in [0.15, 0.2) is 18.2 Å². The van der Waals surface area contributed by atoms with E-state index in [9.17, 15) is 5.11 Å². The van der Waals surface area contributed by atoms with Gasteiger partial charge < -0.3 is 14.6 Å². The first-order chi connectivity index (χ1) is 9.35. The van der Waals surface area contributed by atoms with Gasteiger partial charge in [0, 0.05) is 18.1 Å². The highest BCUT2D eigenvalue weighted by molar-refractivity contribution is 5.44. The highest BCUT2D eigenvalue weighted by Gasteiger charge is 2.53. The Balaban J connectivity index is 1.99. The second kappa shape index (κ2) is 4.39. The Kier molecular flexibility index (Phi) is 3.02. The van der Waals surface area contributed by atoms with Gasteiger partial charge in [0.1, 0.15) is 17.1 Å². The Morgan fingerprint density at radius 1 is 1.30 bits per heavy atom. The molecule has 0 saturated heterocycles. The molecule has 1 aliphatic heterocycles. The van der Waals surface area contributed by atoms with Crippen LogP contribution in [0.4, 0.5) is 0 Å².